The predicted molar refractivity (Wildman–Crippen MR) is 76.6 cm³/mol. The number of amides is 1. The maximum absolute atomic E-state index is 11.8. The molecule has 2 atom stereocenters. The number of rotatable bonds is 4. The molecule has 0 aromatic carbocycles. The Bertz CT molecular complexity index is 394. The molecule has 2 heterocycles. The second kappa shape index (κ2) is 6.71. The van der Waals surface area contributed by atoms with Crippen LogP contribution in [0.5, 0.6) is 0 Å². The van der Waals surface area contributed by atoms with E-state index in [1.54, 1.807) is 17.4 Å². The normalized spacial score (nSPS) is 21.9. The van der Waals surface area contributed by atoms with Gasteiger partial charge in [-0.05, 0) is 56.3 Å². The summed E-state index contributed by atoms with van der Waals surface area (Å²) in [5.74, 6) is 0.555. The van der Waals surface area contributed by atoms with Gasteiger partial charge in [-0.1, -0.05) is 6.07 Å². The molecule has 2 rings (SSSR count). The molecule has 0 saturated carbocycles. The maximum atomic E-state index is 11.8. The highest BCUT2D eigenvalue weighted by molar-refractivity contribution is 7.10. The van der Waals surface area contributed by atoms with Gasteiger partial charge in [-0.2, -0.15) is 0 Å². The molecule has 2 unspecified atom stereocenters. The van der Waals surface area contributed by atoms with E-state index in [0.717, 1.165) is 18.0 Å². The summed E-state index contributed by atoms with van der Waals surface area (Å²) in [6, 6.07) is 4.22. The molecule has 4 heteroatoms. The van der Waals surface area contributed by atoms with E-state index in [-0.39, 0.29) is 11.9 Å². The van der Waals surface area contributed by atoms with Gasteiger partial charge < -0.3 is 10.6 Å². The third-order valence-electron chi connectivity index (χ3n) is 3.35. The van der Waals surface area contributed by atoms with Crippen molar-refractivity contribution >= 4 is 23.3 Å². The summed E-state index contributed by atoms with van der Waals surface area (Å²) in [4.78, 5) is 12.9. The predicted octanol–water partition coefficient (Wildman–Crippen LogP) is 2.27. The third kappa shape index (κ3) is 3.96. The molecular formula is C14H20N2OS. The van der Waals surface area contributed by atoms with Crippen molar-refractivity contribution in [2.75, 3.05) is 13.1 Å². The van der Waals surface area contributed by atoms with E-state index >= 15 is 0 Å². The highest BCUT2D eigenvalue weighted by atomic mass is 32.1. The number of nitrogens with one attached hydrogen (secondary N) is 2. The van der Waals surface area contributed by atoms with Gasteiger partial charge in [0.25, 0.3) is 0 Å². The zero-order chi connectivity index (χ0) is 12.8. The van der Waals surface area contributed by atoms with Gasteiger partial charge in [-0.3, -0.25) is 4.79 Å². The number of piperidine rings is 1. The van der Waals surface area contributed by atoms with Gasteiger partial charge in [-0.25, -0.2) is 0 Å². The van der Waals surface area contributed by atoms with Gasteiger partial charge in [0.05, 0.1) is 0 Å². The molecule has 1 aliphatic rings. The first-order chi connectivity index (χ1) is 8.75. The molecule has 0 bridgehead atoms. The first-order valence-corrected chi connectivity index (χ1v) is 7.36. The van der Waals surface area contributed by atoms with E-state index in [2.05, 4.69) is 17.6 Å². The van der Waals surface area contributed by atoms with Crippen LogP contribution in [0, 0.1) is 5.92 Å². The van der Waals surface area contributed by atoms with Crippen LogP contribution in [0.4, 0.5) is 0 Å². The Morgan fingerprint density at radius 3 is 3.22 bits per heavy atom. The van der Waals surface area contributed by atoms with Crippen LogP contribution in [0.15, 0.2) is 23.6 Å². The molecule has 1 aromatic rings. The molecule has 2 N–H and O–H groups in total. The molecule has 3 nitrogen and oxygen atoms in total. The largest absolute Gasteiger partial charge is 0.350 e. The summed E-state index contributed by atoms with van der Waals surface area (Å²) in [5, 5.41) is 8.43. The van der Waals surface area contributed by atoms with Crippen molar-refractivity contribution in [3.63, 3.8) is 0 Å². The Hall–Kier alpha value is -1.13. The number of carbonyl (C=O) groups excluding carboxylic acids is 1. The fourth-order valence-electron chi connectivity index (χ4n) is 2.24. The van der Waals surface area contributed by atoms with Gasteiger partial charge in [-0.15, -0.1) is 11.3 Å². The summed E-state index contributed by atoms with van der Waals surface area (Å²) in [6.07, 6.45) is 5.89. The third-order valence-corrected chi connectivity index (χ3v) is 4.19. The first-order valence-electron chi connectivity index (χ1n) is 6.48. The van der Waals surface area contributed by atoms with E-state index in [1.165, 1.54) is 12.8 Å². The van der Waals surface area contributed by atoms with Crippen LogP contribution in [-0.2, 0) is 4.79 Å². The standard InChI is InChI=1S/C14H20N2OS/c1-11(12-4-2-8-15-10-12)16-14(17)7-6-13-5-3-9-18-13/h3,5-7,9,11-12,15H,2,4,8,10H2,1H3,(H,16,17). The van der Waals surface area contributed by atoms with Crippen molar-refractivity contribution in [3.8, 4) is 0 Å². The maximum Gasteiger partial charge on any atom is 0.244 e. The molecule has 0 aliphatic carbocycles. The van der Waals surface area contributed by atoms with Crippen LogP contribution in [0.25, 0.3) is 6.08 Å². The summed E-state index contributed by atoms with van der Waals surface area (Å²) < 4.78 is 0. The van der Waals surface area contributed by atoms with Gasteiger partial charge >= 0.3 is 0 Å². The van der Waals surface area contributed by atoms with Crippen LogP contribution in [0.3, 0.4) is 0 Å². The van der Waals surface area contributed by atoms with Crippen LogP contribution >= 0.6 is 11.3 Å². The average molecular weight is 264 g/mol. The van der Waals surface area contributed by atoms with Gasteiger partial charge in [0.1, 0.15) is 0 Å². The molecule has 1 saturated heterocycles. The van der Waals surface area contributed by atoms with Crippen LogP contribution in [-0.4, -0.2) is 25.0 Å². The van der Waals surface area contributed by atoms with E-state index < -0.39 is 0 Å². The molecule has 0 radical (unpaired) electrons. The quantitative estimate of drug-likeness (QED) is 0.819. The van der Waals surface area contributed by atoms with Crippen molar-refractivity contribution in [2.45, 2.75) is 25.8 Å². The number of hydrogen-bond donors (Lipinski definition) is 2. The summed E-state index contributed by atoms with van der Waals surface area (Å²) in [7, 11) is 0. The van der Waals surface area contributed by atoms with Crippen molar-refractivity contribution in [1.82, 2.24) is 10.6 Å². The average Bonchev–Trinajstić information content (AvgIpc) is 2.90. The molecule has 0 spiro atoms. The number of carbonyl (C=O) groups is 1. The Balaban J connectivity index is 1.79. The molecule has 98 valence electrons. The minimum atomic E-state index is 0.00136. The fraction of sp³-hybridized carbons (Fsp3) is 0.500. The van der Waals surface area contributed by atoms with E-state index in [0.29, 0.717) is 5.92 Å². The van der Waals surface area contributed by atoms with E-state index in [9.17, 15) is 4.79 Å². The number of hydrogen-bond acceptors (Lipinski definition) is 3. The molecule has 1 aliphatic heterocycles. The highest BCUT2D eigenvalue weighted by Crippen LogP contribution is 2.14. The Morgan fingerprint density at radius 2 is 2.56 bits per heavy atom. The molecular weight excluding hydrogens is 244 g/mol. The Labute approximate surface area is 112 Å². The lowest BCUT2D eigenvalue weighted by molar-refractivity contribution is -0.117. The molecule has 1 fully saturated rings. The van der Waals surface area contributed by atoms with Gasteiger partial charge in [0.2, 0.25) is 5.91 Å². The van der Waals surface area contributed by atoms with Crippen molar-refractivity contribution < 1.29 is 4.79 Å². The summed E-state index contributed by atoms with van der Waals surface area (Å²) >= 11 is 1.64. The van der Waals surface area contributed by atoms with E-state index in [4.69, 9.17) is 0 Å². The van der Waals surface area contributed by atoms with Crippen molar-refractivity contribution in [3.05, 3.63) is 28.5 Å². The lowest BCUT2D eigenvalue weighted by atomic mass is 9.93. The van der Waals surface area contributed by atoms with Gasteiger partial charge in [0, 0.05) is 17.0 Å². The van der Waals surface area contributed by atoms with Crippen LogP contribution in [0.2, 0.25) is 0 Å². The Kier molecular flexibility index (Phi) is 4.96. The summed E-state index contributed by atoms with van der Waals surface area (Å²) in [5.41, 5.74) is 0. The van der Waals surface area contributed by atoms with E-state index in [1.807, 2.05) is 23.6 Å². The van der Waals surface area contributed by atoms with Gasteiger partial charge in [0.15, 0.2) is 0 Å². The highest BCUT2D eigenvalue weighted by Gasteiger charge is 2.20. The second-order valence-corrected chi connectivity index (χ2v) is 5.73. The number of thiophene rings is 1. The topological polar surface area (TPSA) is 41.1 Å². The lowest BCUT2D eigenvalue weighted by Gasteiger charge is -2.28. The van der Waals surface area contributed by atoms with Crippen LogP contribution < -0.4 is 10.6 Å². The fourth-order valence-corrected chi connectivity index (χ4v) is 2.86. The van der Waals surface area contributed by atoms with Crippen molar-refractivity contribution in [1.29, 1.82) is 0 Å². The minimum absolute atomic E-state index is 0.00136. The lowest BCUT2D eigenvalue weighted by Crippen LogP contribution is -2.44. The molecule has 18 heavy (non-hydrogen) atoms. The minimum Gasteiger partial charge on any atom is -0.350 e. The first kappa shape index (κ1) is 13.3. The zero-order valence-corrected chi connectivity index (χ0v) is 11.5. The molecule has 1 amide bonds. The SMILES string of the molecule is CC(NC(=O)C=Cc1cccs1)C1CCCNC1. The van der Waals surface area contributed by atoms with Crippen LogP contribution in [0.1, 0.15) is 24.6 Å². The smallest absolute Gasteiger partial charge is 0.244 e. The van der Waals surface area contributed by atoms with Crippen molar-refractivity contribution in [2.24, 2.45) is 5.92 Å². The summed E-state index contributed by atoms with van der Waals surface area (Å²) in [6.45, 7) is 4.21. The zero-order valence-electron chi connectivity index (χ0n) is 10.7. The Morgan fingerprint density at radius 1 is 1.67 bits per heavy atom. The monoisotopic (exact) mass is 264 g/mol. The second-order valence-electron chi connectivity index (χ2n) is 4.75. The molecule has 1 aromatic heterocycles.